The van der Waals surface area contributed by atoms with Crippen molar-refractivity contribution in [3.8, 4) is 0 Å². The maximum atomic E-state index is 6.27. The van der Waals surface area contributed by atoms with Gasteiger partial charge in [0.05, 0.1) is 0 Å². The second-order valence-corrected chi connectivity index (χ2v) is 5.21. The molecule has 0 saturated heterocycles. The van der Waals surface area contributed by atoms with Gasteiger partial charge in [-0.3, -0.25) is 4.98 Å². The molecule has 0 spiro atoms. The number of nitrogens with two attached hydrogens (primary N) is 1. The van der Waals surface area contributed by atoms with Gasteiger partial charge in [0.2, 0.25) is 0 Å². The number of pyridine rings is 1. The van der Waals surface area contributed by atoms with Crippen LogP contribution in [-0.2, 0) is 6.42 Å². The Kier molecular flexibility index (Phi) is 2.24. The molecule has 0 radical (unpaired) electrons. The molecule has 0 bridgehead atoms. The highest BCUT2D eigenvalue weighted by Gasteiger charge is 2.47. The van der Waals surface area contributed by atoms with Gasteiger partial charge >= 0.3 is 0 Å². The van der Waals surface area contributed by atoms with Crippen molar-refractivity contribution >= 4 is 0 Å². The van der Waals surface area contributed by atoms with Crippen molar-refractivity contribution in [1.82, 2.24) is 4.98 Å². The Hall–Kier alpha value is -0.890. The van der Waals surface area contributed by atoms with Gasteiger partial charge in [-0.05, 0) is 61.1 Å². The molecule has 2 saturated carbocycles. The smallest absolute Gasteiger partial charge is 0.0270 e. The lowest BCUT2D eigenvalue weighted by Crippen LogP contribution is -2.31. The zero-order valence-corrected chi connectivity index (χ0v) is 8.97. The molecule has 3 unspecified atom stereocenters. The lowest BCUT2D eigenvalue weighted by Gasteiger charge is -2.20. The molecule has 2 aliphatic rings. The molecule has 0 amide bonds. The number of hydrogen-bond acceptors (Lipinski definition) is 2. The van der Waals surface area contributed by atoms with Crippen LogP contribution in [0.4, 0.5) is 0 Å². The van der Waals surface area contributed by atoms with Crippen LogP contribution >= 0.6 is 0 Å². The molecule has 2 fully saturated rings. The SMILES string of the molecule is NC(Cc1ccncc1)C1CC2CC2C1. The first-order valence-electron chi connectivity index (χ1n) is 5.97. The summed E-state index contributed by atoms with van der Waals surface area (Å²) >= 11 is 0. The van der Waals surface area contributed by atoms with Crippen LogP contribution in [0.3, 0.4) is 0 Å². The van der Waals surface area contributed by atoms with E-state index in [1.165, 1.54) is 24.8 Å². The number of rotatable bonds is 3. The number of nitrogens with zero attached hydrogens (tertiary/aromatic N) is 1. The quantitative estimate of drug-likeness (QED) is 0.814. The van der Waals surface area contributed by atoms with Crippen molar-refractivity contribution in [3.05, 3.63) is 30.1 Å². The van der Waals surface area contributed by atoms with Gasteiger partial charge < -0.3 is 5.73 Å². The van der Waals surface area contributed by atoms with Gasteiger partial charge in [0, 0.05) is 18.4 Å². The van der Waals surface area contributed by atoms with Crippen LogP contribution in [0, 0.1) is 17.8 Å². The second kappa shape index (κ2) is 3.60. The van der Waals surface area contributed by atoms with Crippen molar-refractivity contribution in [3.63, 3.8) is 0 Å². The summed E-state index contributed by atoms with van der Waals surface area (Å²) in [6, 6.07) is 4.52. The first-order valence-corrected chi connectivity index (χ1v) is 5.97. The molecular weight excluding hydrogens is 184 g/mol. The van der Waals surface area contributed by atoms with Crippen molar-refractivity contribution in [1.29, 1.82) is 0 Å². The lowest BCUT2D eigenvalue weighted by atomic mass is 9.91. The monoisotopic (exact) mass is 202 g/mol. The molecule has 3 atom stereocenters. The summed E-state index contributed by atoms with van der Waals surface area (Å²) in [6.07, 6.45) is 8.99. The van der Waals surface area contributed by atoms with E-state index < -0.39 is 0 Å². The van der Waals surface area contributed by atoms with Crippen molar-refractivity contribution in [2.75, 3.05) is 0 Å². The summed E-state index contributed by atoms with van der Waals surface area (Å²) in [5.41, 5.74) is 7.60. The highest BCUT2D eigenvalue weighted by Crippen LogP contribution is 2.55. The Bertz CT molecular complexity index is 326. The third-order valence-electron chi connectivity index (χ3n) is 4.11. The maximum absolute atomic E-state index is 6.27. The van der Waals surface area contributed by atoms with E-state index in [9.17, 15) is 0 Å². The predicted molar refractivity (Wildman–Crippen MR) is 60.2 cm³/mol. The highest BCUT2D eigenvalue weighted by atomic mass is 14.7. The predicted octanol–water partition coefficient (Wildman–Crippen LogP) is 2.00. The lowest BCUT2D eigenvalue weighted by molar-refractivity contribution is 0.392. The van der Waals surface area contributed by atoms with E-state index in [1.807, 2.05) is 12.4 Å². The van der Waals surface area contributed by atoms with Crippen molar-refractivity contribution < 1.29 is 0 Å². The largest absolute Gasteiger partial charge is 0.327 e. The van der Waals surface area contributed by atoms with Gasteiger partial charge in [-0.25, -0.2) is 0 Å². The van der Waals surface area contributed by atoms with E-state index >= 15 is 0 Å². The summed E-state index contributed by atoms with van der Waals surface area (Å²) in [5.74, 6) is 2.86. The Labute approximate surface area is 90.9 Å². The summed E-state index contributed by atoms with van der Waals surface area (Å²) in [6.45, 7) is 0. The van der Waals surface area contributed by atoms with Crippen LogP contribution < -0.4 is 5.73 Å². The average molecular weight is 202 g/mol. The molecule has 0 aliphatic heterocycles. The Morgan fingerprint density at radius 2 is 1.87 bits per heavy atom. The van der Waals surface area contributed by atoms with Gasteiger partial charge in [0.1, 0.15) is 0 Å². The first-order chi connectivity index (χ1) is 7.33. The molecule has 2 heteroatoms. The van der Waals surface area contributed by atoms with E-state index in [0.717, 1.165) is 24.2 Å². The molecule has 2 nitrogen and oxygen atoms in total. The van der Waals surface area contributed by atoms with Gasteiger partial charge in [0.25, 0.3) is 0 Å². The normalized spacial score (nSPS) is 34.9. The Morgan fingerprint density at radius 3 is 2.53 bits per heavy atom. The third-order valence-corrected chi connectivity index (χ3v) is 4.11. The fraction of sp³-hybridized carbons (Fsp3) is 0.615. The standard InChI is InChI=1S/C13H18N2/c14-13(5-9-1-3-15-4-2-9)12-7-10-6-11(10)8-12/h1-4,10-13H,5-8,14H2. The highest BCUT2D eigenvalue weighted by molar-refractivity contribution is 5.12. The van der Waals surface area contributed by atoms with Crippen LogP contribution in [0.1, 0.15) is 24.8 Å². The molecule has 15 heavy (non-hydrogen) atoms. The van der Waals surface area contributed by atoms with Gasteiger partial charge in [0.15, 0.2) is 0 Å². The van der Waals surface area contributed by atoms with Crippen molar-refractivity contribution in [2.24, 2.45) is 23.5 Å². The molecular formula is C13H18N2. The van der Waals surface area contributed by atoms with Crippen LogP contribution in [-0.4, -0.2) is 11.0 Å². The van der Waals surface area contributed by atoms with E-state index in [-0.39, 0.29) is 0 Å². The first kappa shape index (κ1) is 9.34. The Balaban J connectivity index is 1.59. The molecule has 1 heterocycles. The molecule has 2 N–H and O–H groups in total. The molecule has 1 aromatic rings. The van der Waals surface area contributed by atoms with Crippen LogP contribution in [0.5, 0.6) is 0 Å². The summed E-state index contributed by atoms with van der Waals surface area (Å²) in [5, 5.41) is 0. The summed E-state index contributed by atoms with van der Waals surface area (Å²) < 4.78 is 0. The number of hydrogen-bond donors (Lipinski definition) is 1. The topological polar surface area (TPSA) is 38.9 Å². The second-order valence-electron chi connectivity index (χ2n) is 5.21. The number of fused-ring (bicyclic) bond motifs is 1. The zero-order valence-electron chi connectivity index (χ0n) is 8.97. The molecule has 0 aromatic carbocycles. The zero-order chi connectivity index (χ0) is 10.3. The molecule has 3 rings (SSSR count). The van der Waals surface area contributed by atoms with E-state index in [4.69, 9.17) is 5.73 Å². The van der Waals surface area contributed by atoms with Crippen molar-refractivity contribution in [2.45, 2.75) is 31.7 Å². The fourth-order valence-electron chi connectivity index (χ4n) is 3.07. The van der Waals surface area contributed by atoms with Gasteiger partial charge in [-0.2, -0.15) is 0 Å². The summed E-state index contributed by atoms with van der Waals surface area (Å²) in [4.78, 5) is 4.03. The van der Waals surface area contributed by atoms with E-state index in [0.29, 0.717) is 6.04 Å². The van der Waals surface area contributed by atoms with Gasteiger partial charge in [-0.1, -0.05) is 0 Å². The minimum atomic E-state index is 0.361. The molecule has 2 aliphatic carbocycles. The maximum Gasteiger partial charge on any atom is 0.0270 e. The fourth-order valence-corrected chi connectivity index (χ4v) is 3.07. The average Bonchev–Trinajstić information content (AvgIpc) is 2.87. The van der Waals surface area contributed by atoms with Crippen LogP contribution in [0.25, 0.3) is 0 Å². The van der Waals surface area contributed by atoms with E-state index in [1.54, 1.807) is 0 Å². The molecule has 1 aromatic heterocycles. The molecule has 80 valence electrons. The van der Waals surface area contributed by atoms with E-state index in [2.05, 4.69) is 17.1 Å². The van der Waals surface area contributed by atoms with Crippen LogP contribution in [0.2, 0.25) is 0 Å². The Morgan fingerprint density at radius 1 is 1.20 bits per heavy atom. The van der Waals surface area contributed by atoms with Gasteiger partial charge in [-0.15, -0.1) is 0 Å². The van der Waals surface area contributed by atoms with Crippen LogP contribution in [0.15, 0.2) is 24.5 Å². The number of aromatic nitrogens is 1. The minimum Gasteiger partial charge on any atom is -0.327 e. The third kappa shape index (κ3) is 1.91. The minimum absolute atomic E-state index is 0.361. The summed E-state index contributed by atoms with van der Waals surface area (Å²) in [7, 11) is 0.